The molecule has 24 heavy (non-hydrogen) atoms. The molecule has 0 unspecified atom stereocenters. The van der Waals surface area contributed by atoms with Gasteiger partial charge in [0.25, 0.3) is 5.91 Å². The number of ether oxygens (including phenoxy) is 1. The Morgan fingerprint density at radius 3 is 2.71 bits per heavy atom. The van der Waals surface area contributed by atoms with Crippen LogP contribution in [0.15, 0.2) is 18.3 Å². The second-order valence-electron chi connectivity index (χ2n) is 7.20. The van der Waals surface area contributed by atoms with Crippen LogP contribution in [0.1, 0.15) is 44.5 Å². The number of carbonyl (C=O) groups is 2. The number of pyridine rings is 1. The average molecular weight is 333 g/mol. The minimum Gasteiger partial charge on any atom is -0.381 e. The average Bonchev–Trinajstić information content (AvgIpc) is 3.01. The summed E-state index contributed by atoms with van der Waals surface area (Å²) >= 11 is 0. The lowest BCUT2D eigenvalue weighted by Gasteiger charge is -2.18. The highest BCUT2D eigenvalue weighted by molar-refractivity contribution is 5.96. The van der Waals surface area contributed by atoms with Gasteiger partial charge in [-0.3, -0.25) is 9.59 Å². The lowest BCUT2D eigenvalue weighted by molar-refractivity contribution is -0.123. The van der Waals surface area contributed by atoms with Crippen LogP contribution >= 0.6 is 0 Å². The van der Waals surface area contributed by atoms with Gasteiger partial charge in [-0.05, 0) is 25.5 Å². The fraction of sp³-hybridized carbons (Fsp3) is 0.611. The molecule has 0 aliphatic carbocycles. The van der Waals surface area contributed by atoms with Crippen LogP contribution in [0.5, 0.6) is 0 Å². The molecular formula is C18H27N3O3. The molecule has 0 spiro atoms. The fourth-order valence-electron chi connectivity index (χ4n) is 2.52. The molecule has 1 aromatic rings. The molecule has 6 nitrogen and oxygen atoms in total. The number of hydrogen-bond acceptors (Lipinski definition) is 4. The first-order valence-corrected chi connectivity index (χ1v) is 8.45. The maximum Gasteiger partial charge on any atom is 0.255 e. The summed E-state index contributed by atoms with van der Waals surface area (Å²) in [6, 6.07) is 3.38. The Bertz CT molecular complexity index is 578. The molecule has 0 saturated carbocycles. The molecule has 2 amide bonds. The van der Waals surface area contributed by atoms with E-state index in [1.165, 1.54) is 6.20 Å². The van der Waals surface area contributed by atoms with Gasteiger partial charge in [0.2, 0.25) is 5.91 Å². The first kappa shape index (κ1) is 18.4. The second kappa shape index (κ2) is 7.75. The predicted octanol–water partition coefficient (Wildman–Crippen LogP) is 2.56. The van der Waals surface area contributed by atoms with E-state index in [0.29, 0.717) is 30.5 Å². The van der Waals surface area contributed by atoms with Crippen molar-refractivity contribution in [1.29, 1.82) is 0 Å². The Morgan fingerprint density at radius 2 is 2.12 bits per heavy atom. The zero-order chi connectivity index (χ0) is 17.7. The standard InChI is InChI=1S/C18H27N3O3/c1-5-24-12-13-8-9-21(11-13)16(22)14-6-7-15(19-10-14)20-17(23)18(2,3)4/h6-7,10,13H,5,8-9,11-12H2,1-4H3,(H,19,20,23)/t13-/m0/s1. The monoisotopic (exact) mass is 333 g/mol. The quantitative estimate of drug-likeness (QED) is 0.899. The van der Waals surface area contributed by atoms with Crippen LogP contribution in [0, 0.1) is 11.3 Å². The number of aromatic nitrogens is 1. The van der Waals surface area contributed by atoms with E-state index in [4.69, 9.17) is 4.74 Å². The van der Waals surface area contributed by atoms with Crippen molar-refractivity contribution in [2.24, 2.45) is 11.3 Å². The van der Waals surface area contributed by atoms with Crippen LogP contribution in [0.4, 0.5) is 5.82 Å². The van der Waals surface area contributed by atoms with Crippen molar-refractivity contribution in [2.45, 2.75) is 34.1 Å². The van der Waals surface area contributed by atoms with Crippen LogP contribution in [-0.2, 0) is 9.53 Å². The zero-order valence-electron chi connectivity index (χ0n) is 15.0. The largest absolute Gasteiger partial charge is 0.381 e. The third-order valence-corrected chi connectivity index (χ3v) is 4.06. The lowest BCUT2D eigenvalue weighted by atomic mass is 9.96. The first-order valence-electron chi connectivity index (χ1n) is 8.45. The summed E-state index contributed by atoms with van der Waals surface area (Å²) in [6.07, 6.45) is 2.50. The number of anilines is 1. The number of hydrogen-bond donors (Lipinski definition) is 1. The molecule has 2 heterocycles. The van der Waals surface area contributed by atoms with Crippen molar-refractivity contribution >= 4 is 17.6 Å². The van der Waals surface area contributed by atoms with Crippen molar-refractivity contribution in [3.63, 3.8) is 0 Å². The molecule has 6 heteroatoms. The van der Waals surface area contributed by atoms with Crippen molar-refractivity contribution in [3.05, 3.63) is 23.9 Å². The highest BCUT2D eigenvalue weighted by atomic mass is 16.5. The van der Waals surface area contributed by atoms with Crippen LogP contribution in [0.25, 0.3) is 0 Å². The molecule has 1 atom stereocenters. The van der Waals surface area contributed by atoms with Crippen LogP contribution in [0.2, 0.25) is 0 Å². The third-order valence-electron chi connectivity index (χ3n) is 4.06. The SMILES string of the molecule is CCOC[C@H]1CCN(C(=O)c2ccc(NC(=O)C(C)(C)C)nc2)C1. The van der Waals surface area contributed by atoms with E-state index < -0.39 is 5.41 Å². The molecule has 132 valence electrons. The van der Waals surface area contributed by atoms with Gasteiger partial charge in [0.05, 0.1) is 12.2 Å². The van der Waals surface area contributed by atoms with Crippen LogP contribution in [-0.4, -0.2) is 48.0 Å². The highest BCUT2D eigenvalue weighted by Crippen LogP contribution is 2.20. The summed E-state index contributed by atoms with van der Waals surface area (Å²) in [7, 11) is 0. The van der Waals surface area contributed by atoms with Gasteiger partial charge in [0, 0.05) is 37.2 Å². The van der Waals surface area contributed by atoms with E-state index in [0.717, 1.165) is 19.5 Å². The summed E-state index contributed by atoms with van der Waals surface area (Å²) in [5.74, 6) is 0.747. The zero-order valence-corrected chi connectivity index (χ0v) is 15.0. The summed E-state index contributed by atoms with van der Waals surface area (Å²) < 4.78 is 5.44. The van der Waals surface area contributed by atoms with E-state index in [1.54, 1.807) is 12.1 Å². The molecule has 1 aliphatic heterocycles. The summed E-state index contributed by atoms with van der Waals surface area (Å²) in [4.78, 5) is 30.5. The van der Waals surface area contributed by atoms with Gasteiger partial charge in [-0.1, -0.05) is 20.8 Å². The van der Waals surface area contributed by atoms with Crippen molar-refractivity contribution in [2.75, 3.05) is 31.6 Å². The van der Waals surface area contributed by atoms with Crippen LogP contribution in [0.3, 0.4) is 0 Å². The molecule has 0 radical (unpaired) electrons. The Hall–Kier alpha value is -1.95. The predicted molar refractivity (Wildman–Crippen MR) is 92.8 cm³/mol. The Labute approximate surface area is 143 Å². The topological polar surface area (TPSA) is 71.5 Å². The number of amides is 2. The van der Waals surface area contributed by atoms with Gasteiger partial charge in [-0.25, -0.2) is 4.98 Å². The maximum atomic E-state index is 12.5. The fourth-order valence-corrected chi connectivity index (χ4v) is 2.52. The highest BCUT2D eigenvalue weighted by Gasteiger charge is 2.27. The molecule has 1 aromatic heterocycles. The van der Waals surface area contributed by atoms with Crippen molar-refractivity contribution < 1.29 is 14.3 Å². The summed E-state index contributed by atoms with van der Waals surface area (Å²) in [5, 5.41) is 2.76. The Kier molecular flexibility index (Phi) is 5.94. The maximum absolute atomic E-state index is 12.5. The normalized spacial score (nSPS) is 17.8. The van der Waals surface area contributed by atoms with Gasteiger partial charge >= 0.3 is 0 Å². The number of likely N-dealkylation sites (tertiary alicyclic amines) is 1. The lowest BCUT2D eigenvalue weighted by Crippen LogP contribution is -2.30. The van der Waals surface area contributed by atoms with Gasteiger partial charge in [-0.15, -0.1) is 0 Å². The Morgan fingerprint density at radius 1 is 1.38 bits per heavy atom. The molecular weight excluding hydrogens is 306 g/mol. The van der Waals surface area contributed by atoms with Crippen molar-refractivity contribution in [3.8, 4) is 0 Å². The molecule has 0 aromatic carbocycles. The number of nitrogens with zero attached hydrogens (tertiary/aromatic N) is 2. The molecule has 1 fully saturated rings. The summed E-state index contributed by atoms with van der Waals surface area (Å²) in [6.45, 7) is 10.4. The Balaban J connectivity index is 1.93. The van der Waals surface area contributed by atoms with Gasteiger partial charge in [0.15, 0.2) is 0 Å². The van der Waals surface area contributed by atoms with E-state index in [9.17, 15) is 9.59 Å². The molecule has 1 N–H and O–H groups in total. The van der Waals surface area contributed by atoms with Crippen LogP contribution < -0.4 is 5.32 Å². The molecule has 2 rings (SSSR count). The van der Waals surface area contributed by atoms with E-state index >= 15 is 0 Å². The molecule has 0 bridgehead atoms. The molecule has 1 aliphatic rings. The third kappa shape index (κ3) is 4.77. The van der Waals surface area contributed by atoms with Gasteiger partial charge < -0.3 is 15.0 Å². The minimum absolute atomic E-state index is 0.0183. The van der Waals surface area contributed by atoms with Crippen molar-refractivity contribution in [1.82, 2.24) is 9.88 Å². The molecule has 1 saturated heterocycles. The minimum atomic E-state index is -0.485. The first-order chi connectivity index (χ1) is 11.3. The smallest absolute Gasteiger partial charge is 0.255 e. The van der Waals surface area contributed by atoms with E-state index in [-0.39, 0.29) is 11.8 Å². The second-order valence-corrected chi connectivity index (χ2v) is 7.20. The number of carbonyl (C=O) groups excluding carboxylic acids is 2. The van der Waals surface area contributed by atoms with E-state index in [2.05, 4.69) is 10.3 Å². The number of nitrogens with one attached hydrogen (secondary N) is 1. The van der Waals surface area contributed by atoms with Gasteiger partial charge in [0.1, 0.15) is 5.82 Å². The van der Waals surface area contributed by atoms with E-state index in [1.807, 2.05) is 32.6 Å². The van der Waals surface area contributed by atoms with Gasteiger partial charge in [-0.2, -0.15) is 0 Å². The number of rotatable bonds is 5. The summed E-state index contributed by atoms with van der Waals surface area (Å²) in [5.41, 5.74) is 0.0576.